The average Bonchev–Trinajstić information content (AvgIpc) is 2.98. The molecular formula is C26H38O4. The van der Waals surface area contributed by atoms with Gasteiger partial charge in [-0.05, 0) is 55.7 Å². The number of carbonyl (C=O) groups is 3. The zero-order chi connectivity index (χ0) is 22.0. The van der Waals surface area contributed by atoms with Crippen LogP contribution in [0.2, 0.25) is 0 Å². The summed E-state index contributed by atoms with van der Waals surface area (Å²) in [7, 11) is 0. The standard InChI is InChI=1S/C26H38O4/c1-4-5-6-17-30-23-12-8-10-21(18-23)9-7-11-22(27)15-16-26(19-20(2)3)24(28)13-14-25(26)29/h8,10,12,18,20H,4-7,9,11,13-17,19H2,1-3H3. The maximum absolute atomic E-state index is 12.5. The molecule has 0 saturated heterocycles. The Balaban J connectivity index is 1.78. The molecule has 0 amide bonds. The van der Waals surface area contributed by atoms with Crippen molar-refractivity contribution in [2.45, 2.75) is 91.4 Å². The van der Waals surface area contributed by atoms with E-state index >= 15 is 0 Å². The highest BCUT2D eigenvalue weighted by atomic mass is 16.5. The number of ether oxygens (including phenoxy) is 1. The van der Waals surface area contributed by atoms with Gasteiger partial charge in [0.05, 0.1) is 12.0 Å². The summed E-state index contributed by atoms with van der Waals surface area (Å²) in [4.78, 5) is 37.4. The normalized spacial score (nSPS) is 15.7. The van der Waals surface area contributed by atoms with Crippen LogP contribution in [0.5, 0.6) is 5.75 Å². The Labute approximate surface area is 181 Å². The van der Waals surface area contributed by atoms with E-state index in [0.717, 1.165) is 31.6 Å². The highest BCUT2D eigenvalue weighted by Gasteiger charge is 2.48. The molecule has 4 heteroatoms. The van der Waals surface area contributed by atoms with E-state index in [4.69, 9.17) is 4.74 Å². The summed E-state index contributed by atoms with van der Waals surface area (Å²) in [5.74, 6) is 1.40. The fourth-order valence-corrected chi connectivity index (χ4v) is 4.47. The number of Topliss-reactive ketones (excluding diaryl/α,β-unsaturated/α-hetero) is 3. The molecule has 1 aliphatic rings. The molecule has 166 valence electrons. The van der Waals surface area contributed by atoms with Crippen LogP contribution < -0.4 is 4.74 Å². The van der Waals surface area contributed by atoms with E-state index in [2.05, 4.69) is 19.1 Å². The zero-order valence-corrected chi connectivity index (χ0v) is 19.0. The van der Waals surface area contributed by atoms with Gasteiger partial charge in [-0.15, -0.1) is 0 Å². The second kappa shape index (κ2) is 12.0. The maximum Gasteiger partial charge on any atom is 0.146 e. The molecule has 0 atom stereocenters. The first kappa shape index (κ1) is 24.3. The van der Waals surface area contributed by atoms with Crippen molar-refractivity contribution in [3.63, 3.8) is 0 Å². The molecule has 0 heterocycles. The lowest BCUT2D eigenvalue weighted by atomic mass is 9.73. The first-order valence-corrected chi connectivity index (χ1v) is 11.7. The molecule has 0 aromatic heterocycles. The lowest BCUT2D eigenvalue weighted by Crippen LogP contribution is -2.35. The molecule has 1 aliphatic carbocycles. The van der Waals surface area contributed by atoms with Gasteiger partial charge in [0.1, 0.15) is 23.1 Å². The molecule has 2 rings (SSSR count). The summed E-state index contributed by atoms with van der Waals surface area (Å²) in [6.07, 6.45) is 7.49. The lowest BCUT2D eigenvalue weighted by molar-refractivity contribution is -0.137. The van der Waals surface area contributed by atoms with Crippen LogP contribution in [0.25, 0.3) is 0 Å². The first-order valence-electron chi connectivity index (χ1n) is 11.7. The Morgan fingerprint density at radius 2 is 1.80 bits per heavy atom. The van der Waals surface area contributed by atoms with Gasteiger partial charge in [0.2, 0.25) is 0 Å². The first-order chi connectivity index (χ1) is 14.4. The van der Waals surface area contributed by atoms with Crippen LogP contribution >= 0.6 is 0 Å². The van der Waals surface area contributed by atoms with Crippen molar-refractivity contribution >= 4 is 17.3 Å². The van der Waals surface area contributed by atoms with E-state index in [0.29, 0.717) is 38.5 Å². The minimum absolute atomic E-state index is 0.0461. The summed E-state index contributed by atoms with van der Waals surface area (Å²) < 4.78 is 5.80. The van der Waals surface area contributed by atoms with E-state index in [1.165, 1.54) is 18.4 Å². The Morgan fingerprint density at radius 1 is 1.07 bits per heavy atom. The van der Waals surface area contributed by atoms with Gasteiger partial charge in [-0.25, -0.2) is 0 Å². The Morgan fingerprint density at radius 3 is 2.47 bits per heavy atom. The number of aryl methyl sites for hydroxylation is 1. The Hall–Kier alpha value is -1.97. The van der Waals surface area contributed by atoms with Crippen molar-refractivity contribution < 1.29 is 19.1 Å². The van der Waals surface area contributed by atoms with E-state index in [1.807, 2.05) is 26.0 Å². The monoisotopic (exact) mass is 414 g/mol. The molecule has 30 heavy (non-hydrogen) atoms. The number of carbonyl (C=O) groups excluding carboxylic acids is 3. The lowest BCUT2D eigenvalue weighted by Gasteiger charge is -2.27. The third kappa shape index (κ3) is 7.07. The number of hydrogen-bond acceptors (Lipinski definition) is 4. The highest BCUT2D eigenvalue weighted by Crippen LogP contribution is 2.41. The third-order valence-corrected chi connectivity index (χ3v) is 6.07. The SMILES string of the molecule is CCCCCOc1cccc(CCCC(=O)CCC2(CC(C)C)C(=O)CCC2=O)c1. The quantitative estimate of drug-likeness (QED) is 0.281. The van der Waals surface area contributed by atoms with Gasteiger partial charge in [-0.2, -0.15) is 0 Å². The number of rotatable bonds is 14. The number of unbranched alkanes of at least 4 members (excludes halogenated alkanes) is 2. The molecule has 0 bridgehead atoms. The molecule has 0 unspecified atom stereocenters. The Bertz CT molecular complexity index is 703. The molecule has 1 aromatic carbocycles. The molecule has 4 nitrogen and oxygen atoms in total. The summed E-state index contributed by atoms with van der Waals surface area (Å²) in [5.41, 5.74) is 0.279. The third-order valence-electron chi connectivity index (χ3n) is 6.07. The largest absolute Gasteiger partial charge is 0.494 e. The average molecular weight is 415 g/mol. The maximum atomic E-state index is 12.5. The van der Waals surface area contributed by atoms with Crippen molar-refractivity contribution in [3.05, 3.63) is 29.8 Å². The molecule has 0 N–H and O–H groups in total. The van der Waals surface area contributed by atoms with Gasteiger partial charge < -0.3 is 4.74 Å². The molecule has 1 aromatic rings. The summed E-state index contributed by atoms with van der Waals surface area (Å²) in [6.45, 7) is 6.98. The van der Waals surface area contributed by atoms with Gasteiger partial charge in [-0.3, -0.25) is 14.4 Å². The number of hydrogen-bond donors (Lipinski definition) is 0. The summed E-state index contributed by atoms with van der Waals surface area (Å²) >= 11 is 0. The smallest absolute Gasteiger partial charge is 0.146 e. The topological polar surface area (TPSA) is 60.4 Å². The van der Waals surface area contributed by atoms with Crippen LogP contribution in [-0.2, 0) is 20.8 Å². The van der Waals surface area contributed by atoms with Gasteiger partial charge >= 0.3 is 0 Å². The van der Waals surface area contributed by atoms with E-state index in [9.17, 15) is 14.4 Å². The molecule has 0 aliphatic heterocycles. The fourth-order valence-electron chi connectivity index (χ4n) is 4.47. The van der Waals surface area contributed by atoms with Gasteiger partial charge in [0.25, 0.3) is 0 Å². The predicted molar refractivity (Wildman–Crippen MR) is 120 cm³/mol. The summed E-state index contributed by atoms with van der Waals surface area (Å²) in [6, 6.07) is 8.10. The van der Waals surface area contributed by atoms with Crippen molar-refractivity contribution in [1.82, 2.24) is 0 Å². The van der Waals surface area contributed by atoms with E-state index < -0.39 is 5.41 Å². The second-order valence-corrected chi connectivity index (χ2v) is 9.12. The molecular weight excluding hydrogens is 376 g/mol. The fraction of sp³-hybridized carbons (Fsp3) is 0.654. The zero-order valence-electron chi connectivity index (χ0n) is 19.0. The number of benzene rings is 1. The van der Waals surface area contributed by atoms with Crippen molar-refractivity contribution in [1.29, 1.82) is 0 Å². The van der Waals surface area contributed by atoms with Crippen LogP contribution in [0.4, 0.5) is 0 Å². The van der Waals surface area contributed by atoms with Crippen molar-refractivity contribution in [2.24, 2.45) is 11.3 Å². The van der Waals surface area contributed by atoms with Crippen LogP contribution in [0, 0.1) is 11.3 Å². The van der Waals surface area contributed by atoms with Crippen LogP contribution in [0.3, 0.4) is 0 Å². The molecule has 1 fully saturated rings. The van der Waals surface area contributed by atoms with Crippen molar-refractivity contribution in [3.8, 4) is 5.75 Å². The van der Waals surface area contributed by atoms with Gasteiger partial charge in [0, 0.05) is 25.7 Å². The molecule has 0 spiro atoms. The van der Waals surface area contributed by atoms with Gasteiger partial charge in [0.15, 0.2) is 0 Å². The predicted octanol–water partition coefficient (Wildman–Crippen LogP) is 5.89. The second-order valence-electron chi connectivity index (χ2n) is 9.12. The van der Waals surface area contributed by atoms with Crippen LogP contribution in [0.15, 0.2) is 24.3 Å². The minimum atomic E-state index is -0.896. The van der Waals surface area contributed by atoms with Crippen LogP contribution in [0.1, 0.15) is 90.5 Å². The number of ketones is 3. The van der Waals surface area contributed by atoms with Gasteiger partial charge in [-0.1, -0.05) is 45.7 Å². The van der Waals surface area contributed by atoms with E-state index in [-0.39, 0.29) is 23.3 Å². The molecule has 1 saturated carbocycles. The minimum Gasteiger partial charge on any atom is -0.494 e. The summed E-state index contributed by atoms with van der Waals surface area (Å²) in [5, 5.41) is 0. The van der Waals surface area contributed by atoms with E-state index in [1.54, 1.807) is 0 Å². The van der Waals surface area contributed by atoms with Crippen LogP contribution in [-0.4, -0.2) is 24.0 Å². The highest BCUT2D eigenvalue weighted by molar-refractivity contribution is 6.13. The molecule has 0 radical (unpaired) electrons. The van der Waals surface area contributed by atoms with Crippen molar-refractivity contribution in [2.75, 3.05) is 6.61 Å². The Kier molecular flexibility index (Phi) is 9.74.